The minimum absolute atomic E-state index is 0.360. The molecule has 2 rings (SSSR count). The molecule has 1 aromatic rings. The van der Waals surface area contributed by atoms with E-state index in [2.05, 4.69) is 27.1 Å². The van der Waals surface area contributed by atoms with Crippen LogP contribution in [0.1, 0.15) is 19.0 Å². The van der Waals surface area contributed by atoms with E-state index in [9.17, 15) is 0 Å². The summed E-state index contributed by atoms with van der Waals surface area (Å²) in [4.78, 5) is 11.1. The minimum Gasteiger partial charge on any atom is -0.355 e. The summed E-state index contributed by atoms with van der Waals surface area (Å²) >= 11 is 0. The molecule has 0 bridgehead atoms. The maximum atomic E-state index is 4.43. The molecule has 1 aliphatic rings. The van der Waals surface area contributed by atoms with Gasteiger partial charge >= 0.3 is 0 Å². The Hall–Kier alpha value is -1.16. The van der Waals surface area contributed by atoms with Crippen LogP contribution in [0.5, 0.6) is 0 Å². The molecule has 88 valence electrons. The first-order valence-corrected chi connectivity index (χ1v) is 5.82. The Bertz CT molecular complexity index is 366. The molecule has 0 amide bonds. The molecule has 1 saturated heterocycles. The predicted octanol–water partition coefficient (Wildman–Crippen LogP) is 1.22. The zero-order valence-corrected chi connectivity index (χ0v) is 10.3. The Labute approximate surface area is 97.1 Å². The smallest absolute Gasteiger partial charge is 0.150 e. The van der Waals surface area contributed by atoms with Crippen LogP contribution in [-0.4, -0.2) is 36.6 Å². The monoisotopic (exact) mass is 220 g/mol. The molecule has 1 N–H and O–H groups in total. The molecule has 1 aliphatic heterocycles. The summed E-state index contributed by atoms with van der Waals surface area (Å²) in [5.41, 5.74) is 1.38. The highest BCUT2D eigenvalue weighted by Gasteiger charge is 2.34. The van der Waals surface area contributed by atoms with E-state index >= 15 is 0 Å². The lowest BCUT2D eigenvalue weighted by atomic mass is 9.90. The average Bonchev–Trinajstić information content (AvgIpc) is 2.62. The Morgan fingerprint density at radius 3 is 2.88 bits per heavy atom. The standard InChI is InChI=1S/C12H20N4/c1-10-11(15-6-5-14-10)16-7-4-12(2,9-16)8-13-3/h5-6,13H,4,7-9H2,1-3H3. The van der Waals surface area contributed by atoms with E-state index in [4.69, 9.17) is 0 Å². The van der Waals surface area contributed by atoms with E-state index in [0.29, 0.717) is 5.41 Å². The summed E-state index contributed by atoms with van der Waals surface area (Å²) in [6.45, 7) is 7.55. The number of rotatable bonds is 3. The molecule has 16 heavy (non-hydrogen) atoms. The van der Waals surface area contributed by atoms with Gasteiger partial charge in [0.15, 0.2) is 0 Å². The van der Waals surface area contributed by atoms with Crippen LogP contribution in [0.2, 0.25) is 0 Å². The fraction of sp³-hybridized carbons (Fsp3) is 0.667. The second-order valence-electron chi connectivity index (χ2n) is 4.98. The first-order chi connectivity index (χ1) is 7.64. The van der Waals surface area contributed by atoms with Crippen LogP contribution in [0.4, 0.5) is 5.82 Å². The van der Waals surface area contributed by atoms with E-state index in [1.54, 1.807) is 12.4 Å². The summed E-state index contributed by atoms with van der Waals surface area (Å²) in [5, 5.41) is 3.27. The van der Waals surface area contributed by atoms with Gasteiger partial charge < -0.3 is 10.2 Å². The van der Waals surface area contributed by atoms with Gasteiger partial charge in [-0.05, 0) is 25.8 Å². The summed E-state index contributed by atoms with van der Waals surface area (Å²) in [7, 11) is 2.02. The number of nitrogens with zero attached hydrogens (tertiary/aromatic N) is 3. The molecule has 0 saturated carbocycles. The highest BCUT2D eigenvalue weighted by atomic mass is 15.2. The van der Waals surface area contributed by atoms with Crippen LogP contribution in [-0.2, 0) is 0 Å². The molecule has 4 heteroatoms. The van der Waals surface area contributed by atoms with E-state index < -0.39 is 0 Å². The van der Waals surface area contributed by atoms with Gasteiger partial charge in [0.2, 0.25) is 0 Å². The van der Waals surface area contributed by atoms with Crippen LogP contribution in [0.15, 0.2) is 12.4 Å². The third-order valence-corrected chi connectivity index (χ3v) is 3.32. The van der Waals surface area contributed by atoms with Crippen molar-refractivity contribution in [2.75, 3.05) is 31.6 Å². The maximum absolute atomic E-state index is 4.43. The molecule has 0 radical (unpaired) electrons. The fourth-order valence-electron chi connectivity index (χ4n) is 2.49. The quantitative estimate of drug-likeness (QED) is 0.831. The zero-order valence-electron chi connectivity index (χ0n) is 10.3. The van der Waals surface area contributed by atoms with Gasteiger partial charge in [-0.25, -0.2) is 4.98 Å². The highest BCUT2D eigenvalue weighted by molar-refractivity contribution is 5.43. The van der Waals surface area contributed by atoms with Gasteiger partial charge in [0, 0.05) is 32.0 Å². The second-order valence-corrected chi connectivity index (χ2v) is 4.98. The number of anilines is 1. The zero-order chi connectivity index (χ0) is 11.6. The minimum atomic E-state index is 0.360. The molecule has 2 heterocycles. The molecule has 4 nitrogen and oxygen atoms in total. The van der Waals surface area contributed by atoms with Crippen molar-refractivity contribution in [3.8, 4) is 0 Å². The maximum Gasteiger partial charge on any atom is 0.150 e. The van der Waals surface area contributed by atoms with Gasteiger partial charge in [-0.1, -0.05) is 6.92 Å². The van der Waals surface area contributed by atoms with Crippen LogP contribution in [0.3, 0.4) is 0 Å². The Morgan fingerprint density at radius 1 is 1.44 bits per heavy atom. The SMILES string of the molecule is CNCC1(C)CCN(c2nccnc2C)C1. The van der Waals surface area contributed by atoms with Gasteiger partial charge in [0.05, 0.1) is 5.69 Å². The third kappa shape index (κ3) is 2.16. The summed E-state index contributed by atoms with van der Waals surface area (Å²) in [6.07, 6.45) is 4.74. The van der Waals surface area contributed by atoms with E-state index in [-0.39, 0.29) is 0 Å². The van der Waals surface area contributed by atoms with E-state index in [1.807, 2.05) is 14.0 Å². The van der Waals surface area contributed by atoms with Gasteiger partial charge in [0.1, 0.15) is 5.82 Å². The van der Waals surface area contributed by atoms with Crippen LogP contribution < -0.4 is 10.2 Å². The lowest BCUT2D eigenvalue weighted by Gasteiger charge is -2.25. The second kappa shape index (κ2) is 4.37. The van der Waals surface area contributed by atoms with Crippen molar-refractivity contribution in [3.05, 3.63) is 18.1 Å². The number of hydrogen-bond donors (Lipinski definition) is 1. The number of hydrogen-bond acceptors (Lipinski definition) is 4. The van der Waals surface area contributed by atoms with Crippen molar-refractivity contribution in [2.45, 2.75) is 20.3 Å². The molecule has 0 spiro atoms. The normalized spacial score (nSPS) is 25.1. The van der Waals surface area contributed by atoms with Crippen molar-refractivity contribution in [1.82, 2.24) is 15.3 Å². The molecule has 0 aliphatic carbocycles. The number of aryl methyl sites for hydroxylation is 1. The first-order valence-electron chi connectivity index (χ1n) is 5.82. The van der Waals surface area contributed by atoms with Crippen molar-refractivity contribution < 1.29 is 0 Å². The van der Waals surface area contributed by atoms with Crippen LogP contribution in [0.25, 0.3) is 0 Å². The first kappa shape index (κ1) is 11.3. The number of nitrogens with one attached hydrogen (secondary N) is 1. The fourth-order valence-corrected chi connectivity index (χ4v) is 2.49. The van der Waals surface area contributed by atoms with E-state index in [1.165, 1.54) is 6.42 Å². The molecule has 1 aromatic heterocycles. The summed E-state index contributed by atoms with van der Waals surface area (Å²) < 4.78 is 0. The summed E-state index contributed by atoms with van der Waals surface area (Å²) in [5.74, 6) is 1.04. The van der Waals surface area contributed by atoms with Gasteiger partial charge in [-0.2, -0.15) is 0 Å². The highest BCUT2D eigenvalue weighted by Crippen LogP contribution is 2.32. The van der Waals surface area contributed by atoms with Crippen LogP contribution >= 0.6 is 0 Å². The molecule has 1 unspecified atom stereocenters. The molecule has 0 aromatic carbocycles. The van der Waals surface area contributed by atoms with Crippen molar-refractivity contribution in [1.29, 1.82) is 0 Å². The van der Waals surface area contributed by atoms with E-state index in [0.717, 1.165) is 31.1 Å². The van der Waals surface area contributed by atoms with Gasteiger partial charge in [-0.15, -0.1) is 0 Å². The average molecular weight is 220 g/mol. The van der Waals surface area contributed by atoms with Crippen molar-refractivity contribution in [3.63, 3.8) is 0 Å². The van der Waals surface area contributed by atoms with Crippen molar-refractivity contribution in [2.24, 2.45) is 5.41 Å². The lowest BCUT2D eigenvalue weighted by Crippen LogP contribution is -2.33. The summed E-state index contributed by atoms with van der Waals surface area (Å²) in [6, 6.07) is 0. The Balaban J connectivity index is 2.12. The number of aromatic nitrogens is 2. The third-order valence-electron chi connectivity index (χ3n) is 3.32. The Morgan fingerprint density at radius 2 is 2.19 bits per heavy atom. The topological polar surface area (TPSA) is 41.0 Å². The largest absolute Gasteiger partial charge is 0.355 e. The van der Waals surface area contributed by atoms with Gasteiger partial charge in [0.25, 0.3) is 0 Å². The predicted molar refractivity (Wildman–Crippen MR) is 65.6 cm³/mol. The Kier molecular flexibility index (Phi) is 3.10. The van der Waals surface area contributed by atoms with Crippen LogP contribution in [0, 0.1) is 12.3 Å². The van der Waals surface area contributed by atoms with Crippen molar-refractivity contribution >= 4 is 5.82 Å². The van der Waals surface area contributed by atoms with Gasteiger partial charge in [-0.3, -0.25) is 4.98 Å². The molecule has 1 fully saturated rings. The molecular weight excluding hydrogens is 200 g/mol. The molecule has 1 atom stereocenters. The molecular formula is C12H20N4. The lowest BCUT2D eigenvalue weighted by molar-refractivity contribution is 0.355.